The average Bonchev–Trinajstić information content (AvgIpc) is 2.26. The molecule has 0 radical (unpaired) electrons. The summed E-state index contributed by atoms with van der Waals surface area (Å²) in [4.78, 5) is 14.0. The van der Waals surface area contributed by atoms with Gasteiger partial charge in [0.25, 0.3) is 0 Å². The van der Waals surface area contributed by atoms with Crippen LogP contribution in [-0.2, 0) is 17.4 Å². The molecule has 0 N–H and O–H groups in total. The minimum absolute atomic E-state index is 0.103. The van der Waals surface area contributed by atoms with Crippen LogP contribution in [0.4, 0.5) is 18.9 Å². The van der Waals surface area contributed by atoms with Gasteiger partial charge in [-0.2, -0.15) is 13.2 Å². The number of halogens is 3. The third-order valence-electron chi connectivity index (χ3n) is 2.29. The largest absolute Gasteiger partial charge is 0.418 e. The number of aliphatic imine (C=N–C) groups is 1. The zero-order valence-corrected chi connectivity index (χ0v) is 8.01. The van der Waals surface area contributed by atoms with Crippen molar-refractivity contribution >= 4 is 17.8 Å². The van der Waals surface area contributed by atoms with Gasteiger partial charge in [0.1, 0.15) is 5.94 Å². The van der Waals surface area contributed by atoms with Crippen LogP contribution in [0.3, 0.4) is 0 Å². The summed E-state index contributed by atoms with van der Waals surface area (Å²) in [6, 6.07) is 3.81. The van der Waals surface area contributed by atoms with E-state index in [0.29, 0.717) is 5.56 Å². The lowest BCUT2D eigenvalue weighted by atomic mass is 9.98. The van der Waals surface area contributed by atoms with Crippen molar-refractivity contribution in [2.75, 3.05) is 0 Å². The molecular weight excluding hydrogens is 219 g/mol. The first kappa shape index (κ1) is 10.6. The third kappa shape index (κ3) is 1.77. The van der Waals surface area contributed by atoms with Crippen LogP contribution < -0.4 is 0 Å². The van der Waals surface area contributed by atoms with Crippen LogP contribution in [0.5, 0.6) is 0 Å². The van der Waals surface area contributed by atoms with Crippen molar-refractivity contribution in [3.63, 3.8) is 0 Å². The van der Waals surface area contributed by atoms with Crippen molar-refractivity contribution in [3.05, 3.63) is 34.9 Å². The van der Waals surface area contributed by atoms with Crippen LogP contribution in [-0.4, -0.2) is 12.2 Å². The molecule has 0 saturated carbocycles. The minimum atomic E-state index is -4.43. The maximum Gasteiger partial charge on any atom is 0.418 e. The van der Waals surface area contributed by atoms with Crippen molar-refractivity contribution in [2.24, 2.45) is 4.99 Å². The molecule has 1 heterocycles. The smallest absolute Gasteiger partial charge is 0.255 e. The maximum absolute atomic E-state index is 12.6. The number of allylic oxidation sites excluding steroid dienone is 1. The van der Waals surface area contributed by atoms with Gasteiger partial charge in [-0.05, 0) is 11.6 Å². The second-order valence-electron chi connectivity index (χ2n) is 3.37. The van der Waals surface area contributed by atoms with E-state index in [1.54, 1.807) is 5.94 Å². The molecule has 0 aliphatic carbocycles. The highest BCUT2D eigenvalue weighted by Gasteiger charge is 2.34. The summed E-state index contributed by atoms with van der Waals surface area (Å²) in [7, 11) is 0. The fourth-order valence-electron chi connectivity index (χ4n) is 1.57. The second kappa shape index (κ2) is 3.61. The number of carbonyl (C=O) groups excluding carboxylic acids is 1. The van der Waals surface area contributed by atoms with Crippen LogP contribution in [0.1, 0.15) is 11.1 Å². The number of alkyl halides is 3. The molecule has 1 aliphatic heterocycles. The Hall–Kier alpha value is -1.87. The van der Waals surface area contributed by atoms with Gasteiger partial charge in [-0.1, -0.05) is 12.1 Å². The number of benzene rings is 1. The van der Waals surface area contributed by atoms with Crippen LogP contribution in [0, 0.1) is 0 Å². The zero-order valence-electron chi connectivity index (χ0n) is 8.01. The Labute approximate surface area is 89.1 Å². The number of hydrogen-bond donors (Lipinski definition) is 0. The Morgan fingerprint density at radius 1 is 1.31 bits per heavy atom. The second-order valence-corrected chi connectivity index (χ2v) is 3.37. The monoisotopic (exact) mass is 225 g/mol. The topological polar surface area (TPSA) is 29.4 Å². The van der Waals surface area contributed by atoms with Crippen LogP contribution in [0.25, 0.3) is 0 Å². The lowest BCUT2D eigenvalue weighted by Gasteiger charge is -2.15. The molecule has 1 aromatic rings. The number of rotatable bonds is 0. The van der Waals surface area contributed by atoms with E-state index in [2.05, 4.69) is 4.99 Å². The van der Waals surface area contributed by atoms with Gasteiger partial charge in [0.15, 0.2) is 0 Å². The molecule has 0 unspecified atom stereocenters. The van der Waals surface area contributed by atoms with E-state index in [1.165, 1.54) is 12.1 Å². The van der Waals surface area contributed by atoms with E-state index < -0.39 is 11.7 Å². The molecule has 0 aromatic heterocycles. The van der Waals surface area contributed by atoms with Crippen LogP contribution in [0.2, 0.25) is 0 Å². The Bertz CT molecular complexity index is 510. The van der Waals surface area contributed by atoms with E-state index in [9.17, 15) is 18.0 Å². The van der Waals surface area contributed by atoms with Gasteiger partial charge >= 0.3 is 6.18 Å². The molecule has 2 nitrogen and oxygen atoms in total. The first-order valence-corrected chi connectivity index (χ1v) is 4.49. The fraction of sp³-hybridized carbons (Fsp3) is 0.182. The number of para-hydroxylation sites is 1. The van der Waals surface area contributed by atoms with Gasteiger partial charge in [-0.15, -0.1) is 0 Å². The van der Waals surface area contributed by atoms with Gasteiger partial charge in [0.2, 0.25) is 0 Å². The van der Waals surface area contributed by atoms with E-state index in [1.807, 2.05) is 0 Å². The molecule has 2 rings (SSSR count). The van der Waals surface area contributed by atoms with Crippen molar-refractivity contribution in [3.8, 4) is 0 Å². The minimum Gasteiger partial charge on any atom is -0.255 e. The Balaban J connectivity index is 2.59. The van der Waals surface area contributed by atoms with E-state index in [-0.39, 0.29) is 17.7 Å². The molecule has 1 aliphatic rings. The Kier molecular flexibility index (Phi) is 2.40. The number of hydrogen-bond acceptors (Lipinski definition) is 2. The van der Waals surface area contributed by atoms with E-state index in [0.717, 1.165) is 12.3 Å². The fourth-order valence-corrected chi connectivity index (χ4v) is 1.57. The SMILES string of the molecule is O=C=C1C=Nc2c(cccc2C(F)(F)F)C1. The molecule has 0 saturated heterocycles. The molecule has 0 spiro atoms. The summed E-state index contributed by atoms with van der Waals surface area (Å²) in [5.74, 6) is 1.64. The predicted octanol–water partition coefficient (Wildman–Crippen LogP) is 2.72. The predicted molar refractivity (Wildman–Crippen MR) is 52.5 cm³/mol. The van der Waals surface area contributed by atoms with Crippen molar-refractivity contribution in [1.82, 2.24) is 0 Å². The molecule has 1 aromatic carbocycles. The van der Waals surface area contributed by atoms with Crippen LogP contribution >= 0.6 is 0 Å². The van der Waals surface area contributed by atoms with Crippen LogP contribution in [0.15, 0.2) is 28.8 Å². The van der Waals surface area contributed by atoms with Gasteiger partial charge in [0.05, 0.1) is 16.8 Å². The standard InChI is InChI=1S/C11H6F3NO/c12-11(13,14)9-3-1-2-8-4-7(6-16)5-15-10(8)9/h1-3,5H,4H2. The molecule has 0 fully saturated rings. The molecular formula is C11H6F3NO. The Morgan fingerprint density at radius 2 is 2.06 bits per heavy atom. The van der Waals surface area contributed by atoms with Gasteiger partial charge < -0.3 is 0 Å². The highest BCUT2D eigenvalue weighted by Crippen LogP contribution is 2.39. The Morgan fingerprint density at radius 3 is 2.69 bits per heavy atom. The first-order valence-electron chi connectivity index (χ1n) is 4.49. The third-order valence-corrected chi connectivity index (χ3v) is 2.29. The maximum atomic E-state index is 12.6. The molecule has 82 valence electrons. The summed E-state index contributed by atoms with van der Waals surface area (Å²) >= 11 is 0. The zero-order chi connectivity index (χ0) is 11.8. The number of fused-ring (bicyclic) bond motifs is 1. The van der Waals surface area contributed by atoms with Gasteiger partial charge in [0, 0.05) is 12.6 Å². The molecule has 5 heteroatoms. The highest BCUT2D eigenvalue weighted by molar-refractivity contribution is 5.94. The molecule has 0 atom stereocenters. The molecule has 16 heavy (non-hydrogen) atoms. The lowest BCUT2D eigenvalue weighted by Crippen LogP contribution is -2.09. The summed E-state index contributed by atoms with van der Waals surface area (Å²) in [5.41, 5.74) is -0.220. The van der Waals surface area contributed by atoms with Gasteiger partial charge in [-0.3, -0.25) is 4.99 Å². The van der Waals surface area contributed by atoms with Gasteiger partial charge in [-0.25, -0.2) is 4.79 Å². The molecule has 0 amide bonds. The van der Waals surface area contributed by atoms with Crippen molar-refractivity contribution < 1.29 is 18.0 Å². The molecule has 0 bridgehead atoms. The summed E-state index contributed by atoms with van der Waals surface area (Å²) in [6.07, 6.45) is -3.15. The average molecular weight is 225 g/mol. The highest BCUT2D eigenvalue weighted by atomic mass is 19.4. The quantitative estimate of drug-likeness (QED) is 0.624. The van der Waals surface area contributed by atoms with Crippen molar-refractivity contribution in [1.29, 1.82) is 0 Å². The lowest BCUT2D eigenvalue weighted by molar-refractivity contribution is -0.137. The summed E-state index contributed by atoms with van der Waals surface area (Å²) in [5, 5.41) is 0. The number of nitrogens with zero attached hydrogens (tertiary/aromatic N) is 1. The first-order chi connectivity index (χ1) is 7.52. The summed E-state index contributed by atoms with van der Waals surface area (Å²) < 4.78 is 37.8. The summed E-state index contributed by atoms with van der Waals surface area (Å²) in [6.45, 7) is 0. The van der Waals surface area contributed by atoms with E-state index >= 15 is 0 Å². The normalized spacial score (nSPS) is 14.6. The van der Waals surface area contributed by atoms with E-state index in [4.69, 9.17) is 0 Å². The van der Waals surface area contributed by atoms with Crippen molar-refractivity contribution in [2.45, 2.75) is 12.6 Å².